The van der Waals surface area contributed by atoms with Crippen LogP contribution < -0.4 is 5.32 Å². The van der Waals surface area contributed by atoms with Gasteiger partial charge >= 0.3 is 0 Å². The highest BCUT2D eigenvalue weighted by Gasteiger charge is 2.27. The molecule has 0 aromatic heterocycles. The largest absolute Gasteiger partial charge is 0.317 e. The molecule has 0 amide bonds. The Bertz CT molecular complexity index is 186. The molecule has 0 spiro atoms. The molecule has 1 heteroatoms. The van der Waals surface area contributed by atoms with Crippen LogP contribution in [0.5, 0.6) is 0 Å². The Balaban J connectivity index is 1.74. The molecular weight excluding hydrogens is 182 g/mol. The Kier molecular flexibility index (Phi) is 4.25. The Hall–Kier alpha value is -0.300. The Morgan fingerprint density at radius 1 is 0.933 bits per heavy atom. The molecule has 0 atom stereocenters. The van der Waals surface area contributed by atoms with E-state index in [4.69, 9.17) is 0 Å². The van der Waals surface area contributed by atoms with Gasteiger partial charge in [-0.05, 0) is 75.8 Å². The number of hydrogen-bond donors (Lipinski definition) is 1. The van der Waals surface area contributed by atoms with Gasteiger partial charge in [-0.2, -0.15) is 0 Å². The van der Waals surface area contributed by atoms with E-state index in [0.29, 0.717) is 0 Å². The molecule has 1 heterocycles. The number of allylic oxidation sites excluding steroid dienone is 1. The van der Waals surface area contributed by atoms with E-state index in [1.54, 1.807) is 0 Å². The summed E-state index contributed by atoms with van der Waals surface area (Å²) < 4.78 is 0. The summed E-state index contributed by atoms with van der Waals surface area (Å²) in [5.74, 6) is 3.05. The lowest BCUT2D eigenvalue weighted by molar-refractivity contribution is 0.174. The molecule has 1 aliphatic carbocycles. The van der Waals surface area contributed by atoms with E-state index in [1.807, 2.05) is 0 Å². The lowest BCUT2D eigenvalue weighted by Crippen LogP contribution is -2.33. The summed E-state index contributed by atoms with van der Waals surface area (Å²) in [5.41, 5.74) is 0. The van der Waals surface area contributed by atoms with Gasteiger partial charge in [-0.15, -0.1) is 6.58 Å². The molecule has 1 saturated heterocycles. The quantitative estimate of drug-likeness (QED) is 0.700. The first-order valence-corrected chi connectivity index (χ1v) is 6.71. The van der Waals surface area contributed by atoms with Crippen LogP contribution in [0.1, 0.15) is 44.9 Å². The van der Waals surface area contributed by atoms with Gasteiger partial charge in [0.1, 0.15) is 0 Å². The molecule has 1 aliphatic heterocycles. The molecule has 1 N–H and O–H groups in total. The van der Waals surface area contributed by atoms with E-state index in [2.05, 4.69) is 18.0 Å². The van der Waals surface area contributed by atoms with E-state index in [-0.39, 0.29) is 0 Å². The van der Waals surface area contributed by atoms with Gasteiger partial charge in [0.05, 0.1) is 0 Å². The van der Waals surface area contributed by atoms with Gasteiger partial charge in [0, 0.05) is 0 Å². The van der Waals surface area contributed by atoms with Gasteiger partial charge in [0.2, 0.25) is 0 Å². The summed E-state index contributed by atoms with van der Waals surface area (Å²) in [7, 11) is 0. The highest BCUT2D eigenvalue weighted by molar-refractivity contribution is 4.83. The van der Waals surface area contributed by atoms with E-state index >= 15 is 0 Å². The first-order chi connectivity index (χ1) is 7.40. The zero-order valence-corrected chi connectivity index (χ0v) is 9.88. The lowest BCUT2D eigenvalue weighted by atomic mass is 9.72. The molecule has 86 valence electrons. The minimum Gasteiger partial charge on any atom is -0.317 e. The molecule has 1 nitrogen and oxygen atoms in total. The zero-order chi connectivity index (χ0) is 10.5. The maximum Gasteiger partial charge on any atom is -0.00462 e. The number of nitrogens with one attached hydrogen (secondary N) is 1. The molecule has 2 aliphatic rings. The van der Waals surface area contributed by atoms with Gasteiger partial charge in [0.15, 0.2) is 0 Å². The standard InChI is InChI=1S/C14H25N/c1-2-3-12-4-6-13(7-5-12)14-8-10-15-11-9-14/h2,12-15H,1,3-11H2. The van der Waals surface area contributed by atoms with E-state index in [9.17, 15) is 0 Å². The first-order valence-electron chi connectivity index (χ1n) is 6.71. The SMILES string of the molecule is C=CCC1CCC(C2CCNCC2)CC1. The summed E-state index contributed by atoms with van der Waals surface area (Å²) in [6, 6.07) is 0. The van der Waals surface area contributed by atoms with Crippen LogP contribution in [0.3, 0.4) is 0 Å². The maximum absolute atomic E-state index is 3.86. The monoisotopic (exact) mass is 207 g/mol. The average molecular weight is 207 g/mol. The van der Waals surface area contributed by atoms with Gasteiger partial charge < -0.3 is 5.32 Å². The minimum absolute atomic E-state index is 0.959. The Morgan fingerprint density at radius 3 is 2.13 bits per heavy atom. The molecule has 0 bridgehead atoms. The number of hydrogen-bond acceptors (Lipinski definition) is 1. The molecule has 0 aromatic carbocycles. The van der Waals surface area contributed by atoms with Crippen LogP contribution >= 0.6 is 0 Å². The molecule has 0 aromatic rings. The van der Waals surface area contributed by atoms with Crippen molar-refractivity contribution >= 4 is 0 Å². The average Bonchev–Trinajstić information content (AvgIpc) is 2.32. The van der Waals surface area contributed by atoms with E-state index < -0.39 is 0 Å². The van der Waals surface area contributed by atoms with Crippen molar-refractivity contribution in [3.63, 3.8) is 0 Å². The second-order valence-electron chi connectivity index (χ2n) is 5.39. The predicted octanol–water partition coefficient (Wildman–Crippen LogP) is 3.37. The maximum atomic E-state index is 3.86. The predicted molar refractivity (Wildman–Crippen MR) is 65.9 cm³/mol. The van der Waals surface area contributed by atoms with Crippen molar-refractivity contribution in [1.29, 1.82) is 0 Å². The highest BCUT2D eigenvalue weighted by atomic mass is 14.9. The highest BCUT2D eigenvalue weighted by Crippen LogP contribution is 2.37. The lowest BCUT2D eigenvalue weighted by Gasteiger charge is -2.35. The molecular formula is C14H25N. The number of piperidine rings is 1. The Labute approximate surface area is 94.3 Å². The molecule has 2 fully saturated rings. The van der Waals surface area contributed by atoms with Crippen molar-refractivity contribution in [2.45, 2.75) is 44.9 Å². The van der Waals surface area contributed by atoms with Gasteiger partial charge in [-0.1, -0.05) is 6.08 Å². The molecule has 0 radical (unpaired) electrons. The van der Waals surface area contributed by atoms with Gasteiger partial charge in [0.25, 0.3) is 0 Å². The van der Waals surface area contributed by atoms with Crippen LogP contribution in [0.4, 0.5) is 0 Å². The third-order valence-corrected chi connectivity index (χ3v) is 4.44. The van der Waals surface area contributed by atoms with Crippen LogP contribution in [0.2, 0.25) is 0 Å². The van der Waals surface area contributed by atoms with Crippen molar-refractivity contribution in [2.75, 3.05) is 13.1 Å². The summed E-state index contributed by atoms with van der Waals surface area (Å²) in [5, 5.41) is 3.47. The third-order valence-electron chi connectivity index (χ3n) is 4.44. The topological polar surface area (TPSA) is 12.0 Å². The smallest absolute Gasteiger partial charge is 0.00462 e. The van der Waals surface area contributed by atoms with Crippen molar-refractivity contribution in [3.05, 3.63) is 12.7 Å². The van der Waals surface area contributed by atoms with Gasteiger partial charge in [-0.25, -0.2) is 0 Å². The molecule has 2 rings (SSSR count). The fourth-order valence-corrected chi connectivity index (χ4v) is 3.45. The summed E-state index contributed by atoms with van der Waals surface area (Å²) in [4.78, 5) is 0. The van der Waals surface area contributed by atoms with Crippen molar-refractivity contribution in [1.82, 2.24) is 5.32 Å². The van der Waals surface area contributed by atoms with Crippen LogP contribution in [0.15, 0.2) is 12.7 Å². The van der Waals surface area contributed by atoms with Crippen LogP contribution in [-0.4, -0.2) is 13.1 Å². The first kappa shape index (κ1) is 11.2. The van der Waals surface area contributed by atoms with E-state index in [1.165, 1.54) is 58.0 Å². The van der Waals surface area contributed by atoms with Gasteiger partial charge in [-0.3, -0.25) is 0 Å². The van der Waals surface area contributed by atoms with Crippen LogP contribution in [0, 0.1) is 17.8 Å². The fraction of sp³-hybridized carbons (Fsp3) is 0.857. The summed E-state index contributed by atoms with van der Waals surface area (Å²) in [6.45, 7) is 6.38. The second-order valence-corrected chi connectivity index (χ2v) is 5.39. The Morgan fingerprint density at radius 2 is 1.53 bits per heavy atom. The van der Waals surface area contributed by atoms with Crippen LogP contribution in [0.25, 0.3) is 0 Å². The molecule has 15 heavy (non-hydrogen) atoms. The summed E-state index contributed by atoms with van der Waals surface area (Å²) >= 11 is 0. The van der Waals surface area contributed by atoms with Crippen LogP contribution in [-0.2, 0) is 0 Å². The summed E-state index contributed by atoms with van der Waals surface area (Å²) in [6.07, 6.45) is 12.1. The number of rotatable bonds is 3. The fourth-order valence-electron chi connectivity index (χ4n) is 3.45. The van der Waals surface area contributed by atoms with Crippen molar-refractivity contribution in [3.8, 4) is 0 Å². The third kappa shape index (κ3) is 3.07. The van der Waals surface area contributed by atoms with E-state index in [0.717, 1.165) is 17.8 Å². The molecule has 1 saturated carbocycles. The minimum atomic E-state index is 0.959. The van der Waals surface area contributed by atoms with Crippen molar-refractivity contribution in [2.24, 2.45) is 17.8 Å². The molecule has 0 unspecified atom stereocenters. The second kappa shape index (κ2) is 5.69. The normalized spacial score (nSPS) is 33.9. The van der Waals surface area contributed by atoms with Crippen molar-refractivity contribution < 1.29 is 0 Å². The zero-order valence-electron chi connectivity index (χ0n) is 9.88.